The van der Waals surface area contributed by atoms with Crippen LogP contribution in [0, 0.1) is 10.1 Å². The lowest BCUT2D eigenvalue weighted by Crippen LogP contribution is -2.38. The van der Waals surface area contributed by atoms with Gasteiger partial charge in [-0.05, 0) is 48.9 Å². The van der Waals surface area contributed by atoms with Crippen molar-refractivity contribution in [3.63, 3.8) is 0 Å². The van der Waals surface area contributed by atoms with Gasteiger partial charge in [0, 0.05) is 17.0 Å². The van der Waals surface area contributed by atoms with Crippen molar-refractivity contribution >= 4 is 27.9 Å². The molecule has 2 N–H and O–H groups in total. The quantitative estimate of drug-likeness (QED) is 0.653. The number of hydrogen-bond donors (Lipinski definition) is 2. The summed E-state index contributed by atoms with van der Waals surface area (Å²) in [6.45, 7) is 0. The fourth-order valence-electron chi connectivity index (χ4n) is 3.23. The molecule has 1 aromatic heterocycles. The first-order valence-corrected chi connectivity index (χ1v) is 8.41. The zero-order valence-corrected chi connectivity index (χ0v) is 13.1. The van der Waals surface area contributed by atoms with Crippen LogP contribution in [-0.4, -0.2) is 10.8 Å². The Balaban J connectivity index is 1.65. The zero-order valence-electron chi connectivity index (χ0n) is 12.3. The van der Waals surface area contributed by atoms with Crippen molar-refractivity contribution in [2.24, 2.45) is 0 Å². The summed E-state index contributed by atoms with van der Waals surface area (Å²) in [7, 11) is 0. The van der Waals surface area contributed by atoms with E-state index < -0.39 is 4.92 Å². The van der Waals surface area contributed by atoms with Crippen molar-refractivity contribution in [3.05, 3.63) is 55.9 Å². The normalized spacial score (nSPS) is 19.3. The lowest BCUT2D eigenvalue weighted by atomic mass is 9.94. The van der Waals surface area contributed by atoms with Gasteiger partial charge in [0.25, 0.3) is 11.6 Å². The third kappa shape index (κ3) is 2.37. The molecule has 6 nitrogen and oxygen atoms in total. The summed E-state index contributed by atoms with van der Waals surface area (Å²) in [4.78, 5) is 24.1. The van der Waals surface area contributed by atoms with E-state index in [0.29, 0.717) is 0 Å². The molecular formula is C16H15N3O3S. The second kappa shape index (κ2) is 5.34. The van der Waals surface area contributed by atoms with Crippen LogP contribution in [0.3, 0.4) is 0 Å². The number of non-ortho nitro benzene ring substituents is 1. The summed E-state index contributed by atoms with van der Waals surface area (Å²) in [6, 6.07) is 6.26. The molecule has 2 aliphatic rings. The Hall–Kier alpha value is -2.41. The number of aryl methyl sites for hydroxylation is 1. The van der Waals surface area contributed by atoms with Crippen LogP contribution in [0.15, 0.2) is 24.3 Å². The van der Waals surface area contributed by atoms with E-state index in [4.69, 9.17) is 0 Å². The van der Waals surface area contributed by atoms with Crippen LogP contribution in [0.25, 0.3) is 0 Å². The number of carbonyl (C=O) groups is 1. The molecule has 118 valence electrons. The highest BCUT2D eigenvalue weighted by Crippen LogP contribution is 2.41. The van der Waals surface area contributed by atoms with Gasteiger partial charge < -0.3 is 10.6 Å². The molecule has 0 spiro atoms. The van der Waals surface area contributed by atoms with E-state index >= 15 is 0 Å². The average molecular weight is 329 g/mol. The first kappa shape index (κ1) is 14.2. The molecule has 1 aliphatic carbocycles. The zero-order chi connectivity index (χ0) is 16.0. The second-order valence-corrected chi connectivity index (χ2v) is 6.92. The van der Waals surface area contributed by atoms with Gasteiger partial charge in [0.15, 0.2) is 0 Å². The molecule has 0 radical (unpaired) electrons. The van der Waals surface area contributed by atoms with Crippen molar-refractivity contribution in [3.8, 4) is 0 Å². The predicted octanol–water partition coefficient (Wildman–Crippen LogP) is 3.39. The van der Waals surface area contributed by atoms with Gasteiger partial charge >= 0.3 is 0 Å². The summed E-state index contributed by atoms with van der Waals surface area (Å²) < 4.78 is 0. The van der Waals surface area contributed by atoms with Crippen LogP contribution in [0.1, 0.15) is 45.4 Å². The number of nitrogens with zero attached hydrogens (tertiary/aromatic N) is 1. The Morgan fingerprint density at radius 3 is 2.61 bits per heavy atom. The number of nitrogens with one attached hydrogen (secondary N) is 2. The van der Waals surface area contributed by atoms with E-state index in [1.807, 2.05) is 0 Å². The topological polar surface area (TPSA) is 84.3 Å². The SMILES string of the molecule is O=C1NC(c2ccc([N+](=O)[O-])cc2)Nc2sc3c(c21)CCCC3. The second-order valence-electron chi connectivity index (χ2n) is 5.81. The Kier molecular flexibility index (Phi) is 3.30. The maximum absolute atomic E-state index is 12.5. The van der Waals surface area contributed by atoms with E-state index in [0.717, 1.165) is 35.4 Å². The predicted molar refractivity (Wildman–Crippen MR) is 87.9 cm³/mol. The highest BCUT2D eigenvalue weighted by molar-refractivity contribution is 7.16. The van der Waals surface area contributed by atoms with Crippen LogP contribution < -0.4 is 10.6 Å². The van der Waals surface area contributed by atoms with Gasteiger partial charge in [0.1, 0.15) is 11.2 Å². The Bertz CT molecular complexity index is 798. The number of nitro benzene ring substituents is 1. The summed E-state index contributed by atoms with van der Waals surface area (Å²) >= 11 is 1.67. The maximum Gasteiger partial charge on any atom is 0.269 e. The number of anilines is 1. The smallest absolute Gasteiger partial charge is 0.269 e. The molecule has 2 aromatic rings. The largest absolute Gasteiger partial charge is 0.353 e. The molecule has 2 heterocycles. The van der Waals surface area contributed by atoms with Gasteiger partial charge in [-0.1, -0.05) is 0 Å². The summed E-state index contributed by atoms with van der Waals surface area (Å²) in [6.07, 6.45) is 3.98. The Morgan fingerprint density at radius 1 is 1.13 bits per heavy atom. The molecule has 7 heteroatoms. The van der Waals surface area contributed by atoms with Crippen molar-refractivity contribution in [2.75, 3.05) is 5.32 Å². The molecule has 1 aliphatic heterocycles. The van der Waals surface area contributed by atoms with Crippen LogP contribution in [-0.2, 0) is 12.8 Å². The van der Waals surface area contributed by atoms with Gasteiger partial charge in [-0.25, -0.2) is 0 Å². The minimum absolute atomic E-state index is 0.0446. The molecule has 0 saturated carbocycles. The molecule has 1 atom stereocenters. The monoisotopic (exact) mass is 329 g/mol. The Labute approximate surface area is 136 Å². The molecule has 0 fully saturated rings. The number of thiophene rings is 1. The number of hydrogen-bond acceptors (Lipinski definition) is 5. The van der Waals surface area contributed by atoms with Crippen molar-refractivity contribution in [1.29, 1.82) is 0 Å². The number of rotatable bonds is 2. The highest BCUT2D eigenvalue weighted by atomic mass is 32.1. The number of amides is 1. The number of fused-ring (bicyclic) bond motifs is 3. The van der Waals surface area contributed by atoms with Gasteiger partial charge in [0.2, 0.25) is 0 Å². The van der Waals surface area contributed by atoms with Gasteiger partial charge in [-0.2, -0.15) is 0 Å². The highest BCUT2D eigenvalue weighted by Gasteiger charge is 2.31. The first-order chi connectivity index (χ1) is 11.1. The fraction of sp³-hybridized carbons (Fsp3) is 0.312. The van der Waals surface area contributed by atoms with E-state index in [1.165, 1.54) is 29.0 Å². The average Bonchev–Trinajstić information content (AvgIpc) is 2.93. The van der Waals surface area contributed by atoms with Crippen LogP contribution >= 0.6 is 11.3 Å². The number of benzene rings is 1. The van der Waals surface area contributed by atoms with E-state index in [9.17, 15) is 14.9 Å². The molecule has 0 saturated heterocycles. The van der Waals surface area contributed by atoms with Crippen molar-refractivity contribution < 1.29 is 9.72 Å². The van der Waals surface area contributed by atoms with E-state index in [-0.39, 0.29) is 17.8 Å². The number of nitro groups is 1. The molecular weight excluding hydrogens is 314 g/mol. The molecule has 23 heavy (non-hydrogen) atoms. The fourth-order valence-corrected chi connectivity index (χ4v) is 4.55. The van der Waals surface area contributed by atoms with Crippen LogP contribution in [0.4, 0.5) is 10.7 Å². The first-order valence-electron chi connectivity index (χ1n) is 7.60. The minimum Gasteiger partial charge on any atom is -0.353 e. The summed E-state index contributed by atoms with van der Waals surface area (Å²) in [5.41, 5.74) is 2.84. The standard InChI is InChI=1S/C16H15N3O3S/c20-15-13-11-3-1-2-4-12(11)23-16(13)18-14(17-15)9-5-7-10(8-6-9)19(21)22/h5-8,14,18H,1-4H2,(H,17,20). The molecule has 1 unspecified atom stereocenters. The minimum atomic E-state index is -0.428. The maximum atomic E-state index is 12.5. The number of carbonyl (C=O) groups excluding carboxylic acids is 1. The lowest BCUT2D eigenvalue weighted by Gasteiger charge is -2.26. The van der Waals surface area contributed by atoms with E-state index in [2.05, 4.69) is 10.6 Å². The summed E-state index contributed by atoms with van der Waals surface area (Å²) in [5, 5.41) is 18.0. The lowest BCUT2D eigenvalue weighted by molar-refractivity contribution is -0.384. The summed E-state index contributed by atoms with van der Waals surface area (Å²) in [5.74, 6) is -0.0542. The van der Waals surface area contributed by atoms with Gasteiger partial charge in [-0.3, -0.25) is 14.9 Å². The van der Waals surface area contributed by atoms with Crippen molar-refractivity contribution in [2.45, 2.75) is 31.8 Å². The third-order valence-electron chi connectivity index (χ3n) is 4.39. The van der Waals surface area contributed by atoms with Gasteiger partial charge in [0.05, 0.1) is 10.5 Å². The van der Waals surface area contributed by atoms with E-state index in [1.54, 1.807) is 23.5 Å². The van der Waals surface area contributed by atoms with Gasteiger partial charge in [-0.15, -0.1) is 11.3 Å². The molecule has 0 bridgehead atoms. The molecule has 1 aromatic carbocycles. The van der Waals surface area contributed by atoms with Crippen LogP contribution in [0.5, 0.6) is 0 Å². The molecule has 1 amide bonds. The van der Waals surface area contributed by atoms with Crippen molar-refractivity contribution in [1.82, 2.24) is 5.32 Å². The third-order valence-corrected chi connectivity index (χ3v) is 5.61. The molecule has 4 rings (SSSR count). The Morgan fingerprint density at radius 2 is 1.87 bits per heavy atom. The van der Waals surface area contributed by atoms with Crippen LogP contribution in [0.2, 0.25) is 0 Å².